The summed E-state index contributed by atoms with van der Waals surface area (Å²) in [7, 11) is 1.57. The fraction of sp³-hybridized carbons (Fsp3) is 0.0952. The van der Waals surface area contributed by atoms with Gasteiger partial charge in [-0.1, -0.05) is 48.5 Å². The smallest absolute Gasteiger partial charge is 0.336 e. The van der Waals surface area contributed by atoms with E-state index in [1.165, 1.54) is 16.7 Å². The van der Waals surface area contributed by atoms with E-state index >= 15 is 0 Å². The van der Waals surface area contributed by atoms with Crippen LogP contribution in [0.2, 0.25) is 0 Å². The zero-order valence-corrected chi connectivity index (χ0v) is 13.2. The second-order valence-corrected chi connectivity index (χ2v) is 5.85. The third-order valence-corrected chi connectivity index (χ3v) is 4.60. The van der Waals surface area contributed by atoms with Gasteiger partial charge >= 0.3 is 5.97 Å². The highest BCUT2D eigenvalue weighted by Crippen LogP contribution is 2.44. The number of hydrogen-bond donors (Lipinski definition) is 1. The Hall–Kier alpha value is -3.07. The standard InChI is InChI=1S/C21H16O3/c1-24-19-11-5-10-17(21(22)23)20(19)16-9-4-8-15-14-7-3-2-6-13(14)12-18(15)16/h2-11H,12H2,1H3,(H,22,23). The average molecular weight is 316 g/mol. The minimum atomic E-state index is -0.947. The largest absolute Gasteiger partial charge is 0.496 e. The molecule has 0 atom stereocenters. The van der Waals surface area contributed by atoms with Crippen molar-refractivity contribution in [2.45, 2.75) is 6.42 Å². The minimum Gasteiger partial charge on any atom is -0.496 e. The molecule has 0 amide bonds. The highest BCUT2D eigenvalue weighted by atomic mass is 16.5. The van der Waals surface area contributed by atoms with Crippen molar-refractivity contribution >= 4 is 5.97 Å². The summed E-state index contributed by atoms with van der Waals surface area (Å²) in [5, 5.41) is 9.61. The zero-order valence-electron chi connectivity index (χ0n) is 13.2. The maximum absolute atomic E-state index is 11.7. The van der Waals surface area contributed by atoms with Crippen molar-refractivity contribution in [3.63, 3.8) is 0 Å². The van der Waals surface area contributed by atoms with Gasteiger partial charge < -0.3 is 9.84 Å². The van der Waals surface area contributed by atoms with Gasteiger partial charge in [0, 0.05) is 5.56 Å². The summed E-state index contributed by atoms with van der Waals surface area (Å²) in [6, 6.07) is 19.5. The van der Waals surface area contributed by atoms with Crippen LogP contribution < -0.4 is 4.74 Å². The highest BCUT2D eigenvalue weighted by molar-refractivity contribution is 6.00. The SMILES string of the molecule is COc1cccc(C(=O)O)c1-c1cccc2c1Cc1ccccc1-2. The molecule has 1 aliphatic rings. The molecule has 0 radical (unpaired) electrons. The first-order valence-electron chi connectivity index (χ1n) is 7.81. The number of aromatic carboxylic acids is 1. The van der Waals surface area contributed by atoms with E-state index in [0.717, 1.165) is 17.5 Å². The van der Waals surface area contributed by atoms with Crippen molar-refractivity contribution < 1.29 is 14.6 Å². The summed E-state index contributed by atoms with van der Waals surface area (Å²) in [6.45, 7) is 0. The summed E-state index contributed by atoms with van der Waals surface area (Å²) in [4.78, 5) is 11.7. The lowest BCUT2D eigenvalue weighted by Gasteiger charge is -2.15. The molecule has 3 aromatic rings. The van der Waals surface area contributed by atoms with Crippen LogP contribution in [0.1, 0.15) is 21.5 Å². The van der Waals surface area contributed by atoms with E-state index in [0.29, 0.717) is 11.3 Å². The van der Waals surface area contributed by atoms with Gasteiger partial charge in [-0.2, -0.15) is 0 Å². The zero-order chi connectivity index (χ0) is 16.7. The van der Waals surface area contributed by atoms with Crippen molar-refractivity contribution in [3.8, 4) is 28.0 Å². The second kappa shape index (κ2) is 5.53. The Morgan fingerprint density at radius 2 is 1.62 bits per heavy atom. The van der Waals surface area contributed by atoms with Gasteiger partial charge in [0.25, 0.3) is 0 Å². The fourth-order valence-electron chi connectivity index (χ4n) is 3.55. The molecule has 0 heterocycles. The number of benzene rings is 3. The van der Waals surface area contributed by atoms with Crippen LogP contribution in [0.25, 0.3) is 22.3 Å². The summed E-state index contributed by atoms with van der Waals surface area (Å²) in [5.74, 6) is -0.365. The molecule has 0 unspecified atom stereocenters. The summed E-state index contributed by atoms with van der Waals surface area (Å²) in [6.07, 6.45) is 0.804. The molecule has 3 nitrogen and oxygen atoms in total. The van der Waals surface area contributed by atoms with E-state index in [9.17, 15) is 9.90 Å². The number of carboxylic acids is 1. The molecule has 3 heteroatoms. The number of ether oxygens (including phenoxy) is 1. The predicted molar refractivity (Wildman–Crippen MR) is 93.6 cm³/mol. The van der Waals surface area contributed by atoms with Crippen LogP contribution in [0, 0.1) is 0 Å². The molecule has 24 heavy (non-hydrogen) atoms. The van der Waals surface area contributed by atoms with Crippen LogP contribution in [0.3, 0.4) is 0 Å². The van der Waals surface area contributed by atoms with Crippen LogP contribution in [0.5, 0.6) is 5.75 Å². The third-order valence-electron chi connectivity index (χ3n) is 4.60. The first-order valence-corrected chi connectivity index (χ1v) is 7.81. The molecule has 4 rings (SSSR count). The predicted octanol–water partition coefficient (Wildman–Crippen LogP) is 4.63. The molecule has 0 spiro atoms. The minimum absolute atomic E-state index is 0.263. The molecule has 0 aromatic heterocycles. The first kappa shape index (κ1) is 14.5. The van der Waals surface area contributed by atoms with Crippen LogP contribution >= 0.6 is 0 Å². The molecular weight excluding hydrogens is 300 g/mol. The normalized spacial score (nSPS) is 11.7. The Kier molecular flexibility index (Phi) is 3.35. The Morgan fingerprint density at radius 1 is 0.917 bits per heavy atom. The Morgan fingerprint density at radius 3 is 2.42 bits per heavy atom. The van der Waals surface area contributed by atoms with Crippen LogP contribution in [0.4, 0.5) is 0 Å². The van der Waals surface area contributed by atoms with E-state index in [2.05, 4.69) is 18.2 Å². The molecule has 0 aliphatic heterocycles. The fourth-order valence-corrected chi connectivity index (χ4v) is 3.55. The van der Waals surface area contributed by atoms with Crippen molar-refractivity contribution in [3.05, 3.63) is 77.4 Å². The number of carboxylic acid groups (broad SMARTS) is 1. The topological polar surface area (TPSA) is 46.5 Å². The van der Waals surface area contributed by atoms with Crippen molar-refractivity contribution in [2.75, 3.05) is 7.11 Å². The van der Waals surface area contributed by atoms with E-state index in [1.807, 2.05) is 30.3 Å². The Balaban J connectivity index is 2.00. The van der Waals surface area contributed by atoms with E-state index in [4.69, 9.17) is 4.74 Å². The van der Waals surface area contributed by atoms with Crippen molar-refractivity contribution in [1.82, 2.24) is 0 Å². The number of carbonyl (C=O) groups is 1. The maximum atomic E-state index is 11.7. The molecule has 0 saturated carbocycles. The maximum Gasteiger partial charge on any atom is 0.336 e. The lowest BCUT2D eigenvalue weighted by atomic mass is 9.92. The van der Waals surface area contributed by atoms with Gasteiger partial charge in [0.15, 0.2) is 0 Å². The Labute approximate surface area is 140 Å². The lowest BCUT2D eigenvalue weighted by molar-refractivity contribution is 0.0697. The molecule has 0 saturated heterocycles. The number of rotatable bonds is 3. The number of methoxy groups -OCH3 is 1. The summed E-state index contributed by atoms with van der Waals surface area (Å²) in [5.41, 5.74) is 6.67. The van der Waals surface area contributed by atoms with Gasteiger partial charge in [-0.15, -0.1) is 0 Å². The van der Waals surface area contributed by atoms with Gasteiger partial charge in [-0.3, -0.25) is 0 Å². The average Bonchev–Trinajstić information content (AvgIpc) is 2.99. The van der Waals surface area contributed by atoms with Gasteiger partial charge in [0.2, 0.25) is 0 Å². The molecule has 0 fully saturated rings. The summed E-state index contributed by atoms with van der Waals surface area (Å²) < 4.78 is 5.46. The highest BCUT2D eigenvalue weighted by Gasteiger charge is 2.25. The van der Waals surface area contributed by atoms with Crippen LogP contribution in [0.15, 0.2) is 60.7 Å². The second-order valence-electron chi connectivity index (χ2n) is 5.85. The number of fused-ring (bicyclic) bond motifs is 3. The van der Waals surface area contributed by atoms with Crippen LogP contribution in [-0.2, 0) is 6.42 Å². The Bertz CT molecular complexity index is 957. The quantitative estimate of drug-likeness (QED) is 0.599. The van der Waals surface area contributed by atoms with E-state index in [-0.39, 0.29) is 5.56 Å². The first-order chi connectivity index (χ1) is 11.7. The molecular formula is C21H16O3. The van der Waals surface area contributed by atoms with Crippen molar-refractivity contribution in [2.24, 2.45) is 0 Å². The van der Waals surface area contributed by atoms with E-state index < -0.39 is 5.97 Å². The van der Waals surface area contributed by atoms with Gasteiger partial charge in [0.05, 0.1) is 12.7 Å². The molecule has 118 valence electrons. The van der Waals surface area contributed by atoms with Crippen LogP contribution in [-0.4, -0.2) is 18.2 Å². The van der Waals surface area contributed by atoms with Gasteiger partial charge in [0.1, 0.15) is 5.75 Å². The molecule has 1 N–H and O–H groups in total. The van der Waals surface area contributed by atoms with Crippen molar-refractivity contribution in [1.29, 1.82) is 0 Å². The van der Waals surface area contributed by atoms with E-state index in [1.54, 1.807) is 19.2 Å². The van der Waals surface area contributed by atoms with Gasteiger partial charge in [-0.25, -0.2) is 4.79 Å². The molecule has 1 aliphatic carbocycles. The number of hydrogen-bond acceptors (Lipinski definition) is 2. The van der Waals surface area contributed by atoms with Gasteiger partial charge in [-0.05, 0) is 46.4 Å². The monoisotopic (exact) mass is 316 g/mol. The summed E-state index contributed by atoms with van der Waals surface area (Å²) >= 11 is 0. The lowest BCUT2D eigenvalue weighted by Crippen LogP contribution is -2.03. The molecule has 3 aromatic carbocycles. The third kappa shape index (κ3) is 2.09. The molecule has 0 bridgehead atoms.